The maximum atomic E-state index is 5.29. The van der Waals surface area contributed by atoms with Crippen molar-refractivity contribution in [2.75, 3.05) is 17.7 Å². The van der Waals surface area contributed by atoms with Crippen LogP contribution in [0.1, 0.15) is 5.56 Å². The van der Waals surface area contributed by atoms with E-state index in [1.807, 2.05) is 37.3 Å². The van der Waals surface area contributed by atoms with Crippen LogP contribution in [0.3, 0.4) is 0 Å². The van der Waals surface area contributed by atoms with Gasteiger partial charge in [-0.25, -0.2) is 0 Å². The average molecular weight is 273 g/mol. The summed E-state index contributed by atoms with van der Waals surface area (Å²) in [6.07, 6.45) is 3.41. The summed E-state index contributed by atoms with van der Waals surface area (Å²) in [5.74, 6) is 0.754. The van der Waals surface area contributed by atoms with E-state index < -0.39 is 0 Å². The minimum absolute atomic E-state index is 0.509. The predicted molar refractivity (Wildman–Crippen MR) is 81.8 cm³/mol. The summed E-state index contributed by atoms with van der Waals surface area (Å²) in [7, 11) is 1.63. The molecule has 0 saturated heterocycles. The number of methoxy groups -OCH3 is 1. The first-order valence-electron chi connectivity index (χ1n) is 5.81. The zero-order chi connectivity index (χ0) is 13.7. The Hall–Kier alpha value is -2.14. The van der Waals surface area contributed by atoms with Gasteiger partial charge in [-0.3, -0.25) is 4.98 Å². The number of aryl methyl sites for hydroxylation is 1. The Morgan fingerprint density at radius 1 is 1.16 bits per heavy atom. The number of hydrogen-bond acceptors (Lipinski definition) is 3. The van der Waals surface area contributed by atoms with Crippen LogP contribution < -0.4 is 15.4 Å². The number of nitrogens with one attached hydrogen (secondary N) is 2. The fourth-order valence-corrected chi connectivity index (χ4v) is 1.87. The van der Waals surface area contributed by atoms with Crippen LogP contribution in [0.15, 0.2) is 42.7 Å². The fourth-order valence-electron chi connectivity index (χ4n) is 1.64. The normalized spacial score (nSPS) is 9.79. The highest BCUT2D eigenvalue weighted by Gasteiger charge is 2.05. The molecule has 0 radical (unpaired) electrons. The first-order chi connectivity index (χ1) is 9.19. The van der Waals surface area contributed by atoms with Gasteiger partial charge in [0.1, 0.15) is 5.75 Å². The Balaban J connectivity index is 2.09. The first kappa shape index (κ1) is 13.3. The van der Waals surface area contributed by atoms with E-state index in [1.54, 1.807) is 19.5 Å². The van der Waals surface area contributed by atoms with Crippen molar-refractivity contribution in [3.63, 3.8) is 0 Å². The number of thiocarbonyl (C=S) groups is 1. The third-order valence-electron chi connectivity index (χ3n) is 2.54. The Morgan fingerprint density at radius 2 is 1.89 bits per heavy atom. The van der Waals surface area contributed by atoms with Gasteiger partial charge in [-0.1, -0.05) is 6.07 Å². The zero-order valence-corrected chi connectivity index (χ0v) is 11.6. The third-order valence-corrected chi connectivity index (χ3v) is 2.75. The van der Waals surface area contributed by atoms with Gasteiger partial charge in [-0.15, -0.1) is 0 Å². The Labute approximate surface area is 117 Å². The summed E-state index contributed by atoms with van der Waals surface area (Å²) < 4.78 is 5.29. The van der Waals surface area contributed by atoms with Gasteiger partial charge in [-0.05, 0) is 49.0 Å². The molecule has 0 atom stereocenters. The predicted octanol–water partition coefficient (Wildman–Crippen LogP) is 3.21. The highest BCUT2D eigenvalue weighted by atomic mass is 32.1. The molecule has 0 fully saturated rings. The molecule has 1 aromatic heterocycles. The van der Waals surface area contributed by atoms with Crippen molar-refractivity contribution < 1.29 is 4.74 Å². The van der Waals surface area contributed by atoms with E-state index in [4.69, 9.17) is 17.0 Å². The lowest BCUT2D eigenvalue weighted by Crippen LogP contribution is -2.19. The Bertz CT molecular complexity index is 572. The summed E-state index contributed by atoms with van der Waals surface area (Å²) in [4.78, 5) is 3.95. The van der Waals surface area contributed by atoms with Crippen molar-refractivity contribution >= 4 is 28.7 Å². The minimum atomic E-state index is 0.509. The summed E-state index contributed by atoms with van der Waals surface area (Å²) in [6, 6.07) is 9.58. The van der Waals surface area contributed by atoms with E-state index in [2.05, 4.69) is 15.6 Å². The number of benzene rings is 1. The highest BCUT2D eigenvalue weighted by molar-refractivity contribution is 7.80. The van der Waals surface area contributed by atoms with Crippen LogP contribution in [0.2, 0.25) is 0 Å². The molecule has 0 spiro atoms. The van der Waals surface area contributed by atoms with E-state index in [1.165, 1.54) is 0 Å². The fraction of sp³-hybridized carbons (Fsp3) is 0.143. The molecule has 98 valence electrons. The summed E-state index contributed by atoms with van der Waals surface area (Å²) in [6.45, 7) is 2.02. The molecule has 0 bridgehead atoms. The largest absolute Gasteiger partial charge is 0.495 e. The standard InChI is InChI=1S/C14H15N3OS/c1-10-3-4-13(18-2)12(9-10)17-14(19)16-11-5-7-15-8-6-11/h3-9H,1-2H3,(H2,15,16,17,19). The summed E-state index contributed by atoms with van der Waals surface area (Å²) in [5.41, 5.74) is 2.86. The SMILES string of the molecule is COc1ccc(C)cc1NC(=S)Nc1ccncc1. The second kappa shape index (κ2) is 6.15. The molecule has 0 aliphatic heterocycles. The van der Waals surface area contributed by atoms with Crippen LogP contribution in [-0.2, 0) is 0 Å². The second-order valence-corrected chi connectivity index (χ2v) is 4.43. The van der Waals surface area contributed by atoms with Gasteiger partial charge in [0.05, 0.1) is 12.8 Å². The van der Waals surface area contributed by atoms with Crippen LogP contribution in [0.5, 0.6) is 5.75 Å². The van der Waals surface area contributed by atoms with Crippen LogP contribution in [-0.4, -0.2) is 17.2 Å². The lowest BCUT2D eigenvalue weighted by atomic mass is 10.2. The first-order valence-corrected chi connectivity index (χ1v) is 6.22. The minimum Gasteiger partial charge on any atom is -0.495 e. The van der Waals surface area contributed by atoms with Gasteiger partial charge in [0.2, 0.25) is 0 Å². The van der Waals surface area contributed by atoms with Crippen molar-refractivity contribution in [1.82, 2.24) is 4.98 Å². The lowest BCUT2D eigenvalue weighted by molar-refractivity contribution is 0.417. The van der Waals surface area contributed by atoms with Crippen LogP contribution in [0.4, 0.5) is 11.4 Å². The van der Waals surface area contributed by atoms with E-state index in [-0.39, 0.29) is 0 Å². The smallest absolute Gasteiger partial charge is 0.175 e. The molecule has 0 saturated carbocycles. The van der Waals surface area contributed by atoms with Gasteiger partial charge in [-0.2, -0.15) is 0 Å². The number of ether oxygens (including phenoxy) is 1. The molecule has 5 heteroatoms. The molecule has 2 rings (SSSR count). The number of rotatable bonds is 3. The van der Waals surface area contributed by atoms with Crippen molar-refractivity contribution in [3.8, 4) is 5.75 Å². The molecule has 1 heterocycles. The molecule has 1 aromatic carbocycles. The number of aromatic nitrogens is 1. The second-order valence-electron chi connectivity index (χ2n) is 4.02. The third kappa shape index (κ3) is 3.66. The molecule has 0 aliphatic rings. The van der Waals surface area contributed by atoms with E-state index in [0.717, 1.165) is 22.7 Å². The van der Waals surface area contributed by atoms with Gasteiger partial charge in [0, 0.05) is 18.1 Å². The maximum absolute atomic E-state index is 5.29. The molecular weight excluding hydrogens is 258 g/mol. The molecule has 4 nitrogen and oxygen atoms in total. The van der Waals surface area contributed by atoms with Gasteiger partial charge in [0.25, 0.3) is 0 Å². The quantitative estimate of drug-likeness (QED) is 0.841. The van der Waals surface area contributed by atoms with E-state index >= 15 is 0 Å². The van der Waals surface area contributed by atoms with Gasteiger partial charge in [0.15, 0.2) is 5.11 Å². The zero-order valence-electron chi connectivity index (χ0n) is 10.8. The number of pyridine rings is 1. The van der Waals surface area contributed by atoms with Crippen LogP contribution in [0, 0.1) is 6.92 Å². The highest BCUT2D eigenvalue weighted by Crippen LogP contribution is 2.25. The average Bonchev–Trinajstić information content (AvgIpc) is 2.40. The summed E-state index contributed by atoms with van der Waals surface area (Å²) >= 11 is 5.27. The van der Waals surface area contributed by atoms with Crippen LogP contribution >= 0.6 is 12.2 Å². The topological polar surface area (TPSA) is 46.2 Å². The molecule has 2 aromatic rings. The number of anilines is 2. The lowest BCUT2D eigenvalue weighted by Gasteiger charge is -2.13. The van der Waals surface area contributed by atoms with E-state index in [9.17, 15) is 0 Å². The van der Waals surface area contributed by atoms with Gasteiger partial charge < -0.3 is 15.4 Å². The molecule has 2 N–H and O–H groups in total. The molecule has 0 amide bonds. The van der Waals surface area contributed by atoms with Crippen LogP contribution in [0.25, 0.3) is 0 Å². The summed E-state index contributed by atoms with van der Waals surface area (Å²) in [5, 5.41) is 6.72. The van der Waals surface area contributed by atoms with Crippen molar-refractivity contribution in [2.24, 2.45) is 0 Å². The molecule has 19 heavy (non-hydrogen) atoms. The molecule has 0 aliphatic carbocycles. The maximum Gasteiger partial charge on any atom is 0.175 e. The number of hydrogen-bond donors (Lipinski definition) is 2. The van der Waals surface area contributed by atoms with Crippen molar-refractivity contribution in [3.05, 3.63) is 48.3 Å². The van der Waals surface area contributed by atoms with E-state index in [0.29, 0.717) is 5.11 Å². The molecular formula is C14H15N3OS. The number of nitrogens with zero attached hydrogens (tertiary/aromatic N) is 1. The van der Waals surface area contributed by atoms with Crippen molar-refractivity contribution in [1.29, 1.82) is 0 Å². The Kier molecular flexibility index (Phi) is 4.30. The Morgan fingerprint density at radius 3 is 2.58 bits per heavy atom. The van der Waals surface area contributed by atoms with Crippen molar-refractivity contribution in [2.45, 2.75) is 6.92 Å². The monoisotopic (exact) mass is 273 g/mol. The molecule has 0 unspecified atom stereocenters. The van der Waals surface area contributed by atoms with Gasteiger partial charge >= 0.3 is 0 Å².